The van der Waals surface area contributed by atoms with Crippen LogP contribution in [0.4, 0.5) is 0 Å². The number of nitrogens with one attached hydrogen (secondary N) is 1. The molecule has 2 rings (SSSR count). The van der Waals surface area contributed by atoms with Crippen LogP contribution in [0.2, 0.25) is 0 Å². The van der Waals surface area contributed by atoms with E-state index in [-0.39, 0.29) is 0 Å². The van der Waals surface area contributed by atoms with Gasteiger partial charge in [0.1, 0.15) is 0 Å². The molecule has 2 heteroatoms. The normalized spacial score (nSPS) is 37.8. The first kappa shape index (κ1) is 8.52. The zero-order chi connectivity index (χ0) is 8.39. The molecule has 0 radical (unpaired) electrons. The summed E-state index contributed by atoms with van der Waals surface area (Å²) in [5.74, 6) is 0. The van der Waals surface area contributed by atoms with E-state index in [9.17, 15) is 0 Å². The van der Waals surface area contributed by atoms with Crippen molar-refractivity contribution in [3.8, 4) is 0 Å². The summed E-state index contributed by atoms with van der Waals surface area (Å²) < 4.78 is 0. The summed E-state index contributed by atoms with van der Waals surface area (Å²) in [4.78, 5) is 2.74. The van der Waals surface area contributed by atoms with Crippen LogP contribution in [0.15, 0.2) is 0 Å². The summed E-state index contributed by atoms with van der Waals surface area (Å²) in [6, 6.07) is 1.73. The Balaban J connectivity index is 2.02. The first-order chi connectivity index (χ1) is 5.92. The Kier molecular flexibility index (Phi) is 2.66. The number of hydrogen-bond acceptors (Lipinski definition) is 2. The lowest BCUT2D eigenvalue weighted by atomic mass is 10.1. The number of nitrogens with zero attached hydrogens (tertiary/aromatic N) is 1. The number of hydrogen-bond donors (Lipinski definition) is 1. The van der Waals surface area contributed by atoms with Crippen molar-refractivity contribution in [3.63, 3.8) is 0 Å². The van der Waals surface area contributed by atoms with Crippen LogP contribution >= 0.6 is 0 Å². The molecule has 0 aromatic rings. The summed E-state index contributed by atoms with van der Waals surface area (Å²) in [6.07, 6.45) is 5.55. The van der Waals surface area contributed by atoms with Gasteiger partial charge in [0, 0.05) is 18.6 Å². The molecule has 0 aromatic heterocycles. The fraction of sp³-hybridized carbons (Fsp3) is 1.00. The Labute approximate surface area is 75.3 Å². The predicted molar refractivity (Wildman–Crippen MR) is 51.3 cm³/mol. The number of rotatable bonds is 1. The minimum absolute atomic E-state index is 0.819. The van der Waals surface area contributed by atoms with Gasteiger partial charge in [-0.2, -0.15) is 0 Å². The van der Waals surface area contributed by atoms with Crippen molar-refractivity contribution < 1.29 is 0 Å². The van der Waals surface area contributed by atoms with Crippen molar-refractivity contribution in [1.82, 2.24) is 10.2 Å². The second kappa shape index (κ2) is 3.75. The van der Waals surface area contributed by atoms with Gasteiger partial charge in [0.25, 0.3) is 0 Å². The molecule has 0 aromatic carbocycles. The smallest absolute Gasteiger partial charge is 0.0220 e. The monoisotopic (exact) mass is 168 g/mol. The molecule has 0 saturated carbocycles. The minimum atomic E-state index is 0.819. The predicted octanol–water partition coefficient (Wildman–Crippen LogP) is 1.22. The molecule has 0 amide bonds. The summed E-state index contributed by atoms with van der Waals surface area (Å²) in [5.41, 5.74) is 0. The lowest BCUT2D eigenvalue weighted by Crippen LogP contribution is -2.40. The Morgan fingerprint density at radius 2 is 2.33 bits per heavy atom. The average molecular weight is 168 g/mol. The molecule has 70 valence electrons. The van der Waals surface area contributed by atoms with Gasteiger partial charge in [0.15, 0.2) is 0 Å². The van der Waals surface area contributed by atoms with Crippen LogP contribution in [-0.2, 0) is 0 Å². The van der Waals surface area contributed by atoms with E-state index < -0.39 is 0 Å². The van der Waals surface area contributed by atoms with E-state index in [1.54, 1.807) is 0 Å². The second-order valence-electron chi connectivity index (χ2n) is 4.09. The van der Waals surface area contributed by atoms with E-state index in [0.717, 1.165) is 12.1 Å². The van der Waals surface area contributed by atoms with Crippen LogP contribution in [0, 0.1) is 0 Å². The summed E-state index contributed by atoms with van der Waals surface area (Å²) in [5, 5.41) is 3.54. The summed E-state index contributed by atoms with van der Waals surface area (Å²) in [7, 11) is 0. The zero-order valence-corrected chi connectivity index (χ0v) is 8.05. The van der Waals surface area contributed by atoms with Crippen molar-refractivity contribution in [2.75, 3.05) is 19.6 Å². The zero-order valence-electron chi connectivity index (χ0n) is 8.05. The van der Waals surface area contributed by atoms with Gasteiger partial charge in [-0.05, 0) is 38.8 Å². The first-order valence-electron chi connectivity index (χ1n) is 5.38. The van der Waals surface area contributed by atoms with Crippen LogP contribution in [0.5, 0.6) is 0 Å². The molecule has 2 saturated heterocycles. The fourth-order valence-corrected chi connectivity index (χ4v) is 2.68. The van der Waals surface area contributed by atoms with E-state index >= 15 is 0 Å². The van der Waals surface area contributed by atoms with Crippen LogP contribution < -0.4 is 5.32 Å². The molecule has 2 heterocycles. The maximum Gasteiger partial charge on any atom is 0.0220 e. The van der Waals surface area contributed by atoms with E-state index in [1.807, 2.05) is 0 Å². The van der Waals surface area contributed by atoms with Gasteiger partial charge in [-0.25, -0.2) is 0 Å². The molecule has 12 heavy (non-hydrogen) atoms. The van der Waals surface area contributed by atoms with Gasteiger partial charge in [-0.1, -0.05) is 6.92 Å². The Morgan fingerprint density at radius 3 is 3.17 bits per heavy atom. The molecule has 2 aliphatic rings. The van der Waals surface area contributed by atoms with Crippen LogP contribution in [0.3, 0.4) is 0 Å². The Bertz CT molecular complexity index is 147. The molecule has 2 fully saturated rings. The van der Waals surface area contributed by atoms with E-state index in [0.29, 0.717) is 0 Å². The van der Waals surface area contributed by atoms with E-state index in [4.69, 9.17) is 0 Å². The highest BCUT2D eigenvalue weighted by Crippen LogP contribution is 2.24. The Morgan fingerprint density at radius 1 is 1.42 bits per heavy atom. The summed E-state index contributed by atoms with van der Waals surface area (Å²) >= 11 is 0. The van der Waals surface area contributed by atoms with E-state index in [2.05, 4.69) is 17.1 Å². The molecule has 2 atom stereocenters. The molecular formula is C10H20N2. The lowest BCUT2D eigenvalue weighted by molar-refractivity contribution is 0.186. The molecule has 2 nitrogen and oxygen atoms in total. The van der Waals surface area contributed by atoms with Crippen molar-refractivity contribution in [2.45, 2.75) is 44.7 Å². The molecule has 1 N–H and O–H groups in total. The SMILES string of the molecule is CCC1CNCCC2CCCN21. The maximum absolute atomic E-state index is 3.54. The van der Waals surface area contributed by atoms with Crippen molar-refractivity contribution in [3.05, 3.63) is 0 Å². The standard InChI is InChI=1S/C10H20N2/c1-2-9-8-11-6-5-10-4-3-7-12(9)10/h9-11H,2-8H2,1H3. The van der Waals surface area contributed by atoms with Gasteiger partial charge in [0.05, 0.1) is 0 Å². The third-order valence-corrected chi connectivity index (χ3v) is 3.40. The van der Waals surface area contributed by atoms with Gasteiger partial charge >= 0.3 is 0 Å². The molecular weight excluding hydrogens is 148 g/mol. The van der Waals surface area contributed by atoms with Gasteiger partial charge < -0.3 is 5.32 Å². The highest BCUT2D eigenvalue weighted by molar-refractivity contribution is 4.88. The van der Waals surface area contributed by atoms with Crippen LogP contribution in [0.25, 0.3) is 0 Å². The molecule has 0 bridgehead atoms. The molecule has 0 aliphatic carbocycles. The topological polar surface area (TPSA) is 15.3 Å². The number of fused-ring (bicyclic) bond motifs is 1. The molecule has 2 aliphatic heterocycles. The molecule has 2 unspecified atom stereocenters. The van der Waals surface area contributed by atoms with Gasteiger partial charge in [-0.3, -0.25) is 4.90 Å². The van der Waals surface area contributed by atoms with Gasteiger partial charge in [0.2, 0.25) is 0 Å². The van der Waals surface area contributed by atoms with Gasteiger partial charge in [-0.15, -0.1) is 0 Å². The second-order valence-corrected chi connectivity index (χ2v) is 4.09. The van der Waals surface area contributed by atoms with Crippen LogP contribution in [-0.4, -0.2) is 36.6 Å². The van der Waals surface area contributed by atoms with E-state index in [1.165, 1.54) is 45.3 Å². The largest absolute Gasteiger partial charge is 0.315 e. The lowest BCUT2D eigenvalue weighted by Gasteiger charge is -2.29. The van der Waals surface area contributed by atoms with Crippen molar-refractivity contribution in [1.29, 1.82) is 0 Å². The molecule has 0 spiro atoms. The highest BCUT2D eigenvalue weighted by Gasteiger charge is 2.30. The first-order valence-corrected chi connectivity index (χ1v) is 5.38. The minimum Gasteiger partial charge on any atom is -0.315 e. The maximum atomic E-state index is 3.54. The third kappa shape index (κ3) is 1.50. The van der Waals surface area contributed by atoms with Crippen LogP contribution in [0.1, 0.15) is 32.6 Å². The van der Waals surface area contributed by atoms with Crippen molar-refractivity contribution >= 4 is 0 Å². The highest BCUT2D eigenvalue weighted by atomic mass is 15.2. The third-order valence-electron chi connectivity index (χ3n) is 3.40. The quantitative estimate of drug-likeness (QED) is 0.633. The van der Waals surface area contributed by atoms with Crippen molar-refractivity contribution in [2.24, 2.45) is 0 Å². The Hall–Kier alpha value is -0.0800. The summed E-state index contributed by atoms with van der Waals surface area (Å²) in [6.45, 7) is 6.11. The fourth-order valence-electron chi connectivity index (χ4n) is 2.68. The average Bonchev–Trinajstić information content (AvgIpc) is 2.46.